The summed E-state index contributed by atoms with van der Waals surface area (Å²) in [6, 6.07) is 0. The maximum Gasteiger partial charge on any atom is 0.308 e. The third kappa shape index (κ3) is 11.5. The average Bonchev–Trinajstić information content (AvgIpc) is 2.13. The maximum absolute atomic E-state index is 11.3. The molecule has 0 aliphatic rings. The van der Waals surface area contributed by atoms with E-state index in [1.54, 1.807) is 0 Å². The van der Waals surface area contributed by atoms with Gasteiger partial charge < -0.3 is 15.2 Å². The summed E-state index contributed by atoms with van der Waals surface area (Å²) < 4.78 is 10.5. The lowest BCUT2D eigenvalue weighted by molar-refractivity contribution is -0.156. The first-order valence-electron chi connectivity index (χ1n) is 5.95. The van der Waals surface area contributed by atoms with Gasteiger partial charge in [-0.1, -0.05) is 0 Å². The van der Waals surface area contributed by atoms with Crippen molar-refractivity contribution in [3.8, 4) is 0 Å². The molecule has 0 heterocycles. The van der Waals surface area contributed by atoms with Gasteiger partial charge in [-0.05, 0) is 46.6 Å². The Bertz CT molecular complexity index is 187. The summed E-state index contributed by atoms with van der Waals surface area (Å²) in [4.78, 5) is 11.3. The molecule has 0 aromatic heterocycles. The van der Waals surface area contributed by atoms with Crippen LogP contribution in [0.15, 0.2) is 0 Å². The molecule has 0 rings (SSSR count). The number of esters is 1. The van der Waals surface area contributed by atoms with Crippen molar-refractivity contribution in [2.45, 2.75) is 52.1 Å². The molecule has 0 atom stereocenters. The Hall–Kier alpha value is -0.610. The van der Waals surface area contributed by atoms with Gasteiger partial charge in [-0.2, -0.15) is 0 Å². The molecule has 0 amide bonds. The number of rotatable bonds is 8. The summed E-state index contributed by atoms with van der Waals surface area (Å²) in [7, 11) is 0. The molecule has 0 radical (unpaired) electrons. The molecule has 0 aromatic rings. The van der Waals surface area contributed by atoms with Crippen LogP contribution >= 0.6 is 0 Å². The molecule has 0 saturated heterocycles. The monoisotopic (exact) mass is 231 g/mol. The lowest BCUT2D eigenvalue weighted by Gasteiger charge is -2.19. The molecule has 2 N–H and O–H groups in total. The van der Waals surface area contributed by atoms with Gasteiger partial charge in [-0.15, -0.1) is 0 Å². The van der Waals surface area contributed by atoms with Gasteiger partial charge in [-0.3, -0.25) is 4.79 Å². The molecule has 0 fully saturated rings. The van der Waals surface area contributed by atoms with E-state index in [1.807, 2.05) is 20.8 Å². The van der Waals surface area contributed by atoms with Gasteiger partial charge in [0.25, 0.3) is 0 Å². The Labute approximate surface area is 98.5 Å². The van der Waals surface area contributed by atoms with Crippen LogP contribution in [0.3, 0.4) is 0 Å². The average molecular weight is 231 g/mol. The molecular formula is C12H25NO3. The second kappa shape index (κ2) is 8.53. The van der Waals surface area contributed by atoms with Gasteiger partial charge >= 0.3 is 5.97 Å². The van der Waals surface area contributed by atoms with E-state index in [2.05, 4.69) is 0 Å². The summed E-state index contributed by atoms with van der Waals surface area (Å²) in [5, 5.41) is 0. The van der Waals surface area contributed by atoms with Crippen LogP contribution in [0.5, 0.6) is 0 Å². The largest absolute Gasteiger partial charge is 0.460 e. The zero-order valence-corrected chi connectivity index (χ0v) is 10.8. The molecule has 0 spiro atoms. The van der Waals surface area contributed by atoms with Crippen molar-refractivity contribution in [2.24, 2.45) is 5.73 Å². The predicted molar refractivity (Wildman–Crippen MR) is 64.2 cm³/mol. The van der Waals surface area contributed by atoms with E-state index >= 15 is 0 Å². The Balaban J connectivity index is 3.28. The predicted octanol–water partition coefficient (Wildman–Crippen LogP) is 1.86. The second-order valence-electron chi connectivity index (χ2n) is 4.80. The van der Waals surface area contributed by atoms with E-state index in [0.29, 0.717) is 19.6 Å². The van der Waals surface area contributed by atoms with Crippen LogP contribution in [0, 0.1) is 0 Å². The number of carbonyl (C=O) groups is 1. The van der Waals surface area contributed by atoms with Crippen LogP contribution in [-0.2, 0) is 14.3 Å². The lowest BCUT2D eigenvalue weighted by Crippen LogP contribution is -2.24. The Morgan fingerprint density at radius 1 is 1.12 bits per heavy atom. The summed E-state index contributed by atoms with van der Waals surface area (Å²) >= 11 is 0. The number of nitrogens with two attached hydrogens (primary N) is 1. The minimum atomic E-state index is -0.405. The van der Waals surface area contributed by atoms with Crippen molar-refractivity contribution < 1.29 is 14.3 Å². The third-order valence-corrected chi connectivity index (χ3v) is 1.86. The first-order chi connectivity index (χ1) is 7.45. The van der Waals surface area contributed by atoms with Crippen molar-refractivity contribution in [1.82, 2.24) is 0 Å². The van der Waals surface area contributed by atoms with E-state index in [0.717, 1.165) is 25.8 Å². The van der Waals surface area contributed by atoms with Gasteiger partial charge in [0.1, 0.15) is 5.60 Å². The summed E-state index contributed by atoms with van der Waals surface area (Å²) in [6.07, 6.45) is 3.46. The van der Waals surface area contributed by atoms with E-state index < -0.39 is 5.60 Å². The number of hydrogen-bond donors (Lipinski definition) is 1. The number of hydrogen-bond acceptors (Lipinski definition) is 4. The molecule has 16 heavy (non-hydrogen) atoms. The number of carbonyl (C=O) groups excluding carboxylic acids is 1. The molecule has 4 nitrogen and oxygen atoms in total. The van der Waals surface area contributed by atoms with Crippen LogP contribution in [-0.4, -0.2) is 31.3 Å². The zero-order valence-electron chi connectivity index (χ0n) is 10.8. The van der Waals surface area contributed by atoms with Crippen molar-refractivity contribution >= 4 is 5.97 Å². The molecular weight excluding hydrogens is 206 g/mol. The van der Waals surface area contributed by atoms with E-state index in [-0.39, 0.29) is 5.97 Å². The highest BCUT2D eigenvalue weighted by atomic mass is 16.6. The second-order valence-corrected chi connectivity index (χ2v) is 4.80. The fraction of sp³-hybridized carbons (Fsp3) is 0.917. The molecule has 4 heteroatoms. The van der Waals surface area contributed by atoms with Crippen molar-refractivity contribution in [1.29, 1.82) is 0 Å². The first kappa shape index (κ1) is 15.4. The molecule has 0 aromatic carbocycles. The van der Waals surface area contributed by atoms with Crippen molar-refractivity contribution in [2.75, 3.05) is 19.8 Å². The van der Waals surface area contributed by atoms with Gasteiger partial charge in [0.15, 0.2) is 0 Å². The molecule has 0 aliphatic carbocycles. The number of unbranched alkanes of at least 4 members (excludes halogenated alkanes) is 2. The normalized spacial score (nSPS) is 11.5. The summed E-state index contributed by atoms with van der Waals surface area (Å²) in [5.74, 6) is -0.200. The highest BCUT2D eigenvalue weighted by molar-refractivity contribution is 5.69. The van der Waals surface area contributed by atoms with Gasteiger partial charge in [0.2, 0.25) is 0 Å². The van der Waals surface area contributed by atoms with Crippen molar-refractivity contribution in [3.05, 3.63) is 0 Å². The van der Waals surface area contributed by atoms with E-state index in [9.17, 15) is 4.79 Å². The number of ether oxygens (including phenoxy) is 2. The standard InChI is InChI=1S/C12H25NO3/c1-12(2,3)16-11(14)7-10-15-9-6-4-5-8-13/h4-10,13H2,1-3H3. The Kier molecular flexibility index (Phi) is 8.21. The van der Waals surface area contributed by atoms with Gasteiger partial charge in [-0.25, -0.2) is 0 Å². The first-order valence-corrected chi connectivity index (χ1v) is 5.95. The fourth-order valence-corrected chi connectivity index (χ4v) is 1.18. The molecule has 0 bridgehead atoms. The highest BCUT2D eigenvalue weighted by Crippen LogP contribution is 2.08. The molecule has 0 saturated carbocycles. The minimum Gasteiger partial charge on any atom is -0.460 e. The topological polar surface area (TPSA) is 61.5 Å². The van der Waals surface area contributed by atoms with Crippen LogP contribution in [0.1, 0.15) is 46.5 Å². The van der Waals surface area contributed by atoms with Gasteiger partial charge in [0, 0.05) is 6.61 Å². The van der Waals surface area contributed by atoms with Crippen LogP contribution < -0.4 is 5.73 Å². The molecule has 0 aliphatic heterocycles. The summed E-state index contributed by atoms with van der Waals surface area (Å²) in [6.45, 7) is 7.45. The smallest absolute Gasteiger partial charge is 0.308 e. The Morgan fingerprint density at radius 3 is 2.38 bits per heavy atom. The molecule has 96 valence electrons. The maximum atomic E-state index is 11.3. The van der Waals surface area contributed by atoms with Crippen molar-refractivity contribution in [3.63, 3.8) is 0 Å². The summed E-state index contributed by atoms with van der Waals surface area (Å²) in [5.41, 5.74) is 4.96. The van der Waals surface area contributed by atoms with E-state index in [4.69, 9.17) is 15.2 Å². The van der Waals surface area contributed by atoms with Crippen LogP contribution in [0.4, 0.5) is 0 Å². The van der Waals surface area contributed by atoms with Crippen LogP contribution in [0.25, 0.3) is 0 Å². The van der Waals surface area contributed by atoms with E-state index in [1.165, 1.54) is 0 Å². The SMILES string of the molecule is CC(C)(C)OC(=O)CCOCCCCCN. The lowest BCUT2D eigenvalue weighted by atomic mass is 10.2. The fourth-order valence-electron chi connectivity index (χ4n) is 1.18. The van der Waals surface area contributed by atoms with Gasteiger partial charge in [0.05, 0.1) is 13.0 Å². The molecule has 0 unspecified atom stereocenters. The van der Waals surface area contributed by atoms with Crippen LogP contribution in [0.2, 0.25) is 0 Å². The zero-order chi connectivity index (χ0) is 12.4. The highest BCUT2D eigenvalue weighted by Gasteiger charge is 2.15. The Morgan fingerprint density at radius 2 is 1.81 bits per heavy atom. The minimum absolute atomic E-state index is 0.200. The quantitative estimate of drug-likeness (QED) is 0.511. The third-order valence-electron chi connectivity index (χ3n) is 1.86.